The van der Waals surface area contributed by atoms with E-state index in [-0.39, 0.29) is 63.0 Å². The van der Waals surface area contributed by atoms with Crippen molar-refractivity contribution in [1.82, 2.24) is 25.8 Å². The van der Waals surface area contributed by atoms with E-state index < -0.39 is 11.8 Å². The lowest BCUT2D eigenvalue weighted by atomic mass is 10.0. The molecular weight excluding hydrogens is 680 g/mol. The number of nitrogens with two attached hydrogens (primary N) is 1. The maximum atomic E-state index is 12.2. The van der Waals surface area contributed by atoms with Gasteiger partial charge in [0.05, 0.1) is 0 Å². The average Bonchev–Trinajstić information content (AvgIpc) is 3.15. The minimum atomic E-state index is -0.540. The largest absolute Gasteiger partial charge is 0.356 e. The Hall–Kier alpha value is -2.81. The fourth-order valence-corrected chi connectivity index (χ4v) is 5.84. The average molecular weight is 757 g/mol. The molecule has 14 nitrogen and oxygen atoms in total. The zero-order valence-electron chi connectivity index (χ0n) is 33.1. The van der Waals surface area contributed by atoms with E-state index in [1.54, 1.807) is 0 Å². The van der Waals surface area contributed by atoms with E-state index in [1.165, 1.54) is 64.2 Å². The number of unbranched alkanes of at least 4 members (excludes halogenated alkanes) is 18. The lowest BCUT2D eigenvalue weighted by Crippen LogP contribution is -2.31. The Morgan fingerprint density at radius 2 is 0.736 bits per heavy atom. The number of amides is 5. The van der Waals surface area contributed by atoms with Gasteiger partial charge in [-0.2, -0.15) is 0 Å². The molecule has 0 fully saturated rings. The molecule has 0 heterocycles. The van der Waals surface area contributed by atoms with E-state index in [9.17, 15) is 39.6 Å². The third kappa shape index (κ3) is 32.4. The number of hydrogen-bond acceptors (Lipinski definition) is 9. The van der Waals surface area contributed by atoms with Gasteiger partial charge in [-0.25, -0.2) is 15.2 Å². The van der Waals surface area contributed by atoms with Crippen molar-refractivity contribution < 1.29 is 39.6 Å². The topological polar surface area (TPSA) is 206 Å². The summed E-state index contributed by atoms with van der Waals surface area (Å²) in [5.41, 5.74) is 5.42. The van der Waals surface area contributed by atoms with Crippen molar-refractivity contribution in [2.75, 3.05) is 39.3 Å². The molecule has 53 heavy (non-hydrogen) atoms. The smallest absolute Gasteiger partial charge is 0.246 e. The second-order valence-corrected chi connectivity index (χ2v) is 14.2. The SMILES string of the molecule is CCCCCCCCCCCCCCCC(=O)N(O)CCCCCNC(=O)CCC(=O)N(O)CCCCCNC(=O)CCC(=O)N(O)CCCCCN. The first-order valence-corrected chi connectivity index (χ1v) is 20.8. The van der Waals surface area contributed by atoms with Gasteiger partial charge < -0.3 is 16.4 Å². The molecule has 0 aromatic carbocycles. The molecule has 0 rings (SSSR count). The summed E-state index contributed by atoms with van der Waals surface area (Å²) in [4.78, 5) is 60.3. The third-order valence-corrected chi connectivity index (χ3v) is 9.30. The minimum Gasteiger partial charge on any atom is -0.356 e. The summed E-state index contributed by atoms with van der Waals surface area (Å²) in [5, 5.41) is 37.3. The third-order valence-electron chi connectivity index (χ3n) is 9.30. The van der Waals surface area contributed by atoms with E-state index in [0.29, 0.717) is 74.7 Å². The molecule has 14 heteroatoms. The Morgan fingerprint density at radius 1 is 0.415 bits per heavy atom. The first-order valence-electron chi connectivity index (χ1n) is 20.8. The number of hydroxylamine groups is 6. The Labute approximate surface area is 319 Å². The van der Waals surface area contributed by atoms with E-state index in [0.717, 1.165) is 43.6 Å². The molecule has 0 aliphatic rings. The van der Waals surface area contributed by atoms with Crippen molar-refractivity contribution in [2.45, 2.75) is 180 Å². The standard InChI is InChI=1S/C39H76N6O8/c1-2-3-4-5-6-7-8-9-10-11-12-13-17-24-37(48)43(51)33-22-15-19-30-41-36(47)26-28-39(50)45(53)34-23-16-20-31-42-35(46)25-27-38(49)44(52)32-21-14-18-29-40/h51-53H,2-34,40H2,1H3,(H,41,47)(H,42,46). The van der Waals surface area contributed by atoms with Gasteiger partial charge in [0, 0.05) is 64.8 Å². The summed E-state index contributed by atoms with van der Waals surface area (Å²) in [6.45, 7) is 4.23. The summed E-state index contributed by atoms with van der Waals surface area (Å²) in [7, 11) is 0. The lowest BCUT2D eigenvalue weighted by Gasteiger charge is -2.15. The van der Waals surface area contributed by atoms with E-state index in [1.807, 2.05) is 0 Å². The van der Waals surface area contributed by atoms with Gasteiger partial charge in [0.15, 0.2) is 0 Å². The van der Waals surface area contributed by atoms with Crippen LogP contribution in [0.5, 0.6) is 0 Å². The summed E-state index contributed by atoms with van der Waals surface area (Å²) in [6.07, 6.45) is 22.4. The molecule has 0 aromatic rings. The molecule has 0 saturated heterocycles. The van der Waals surface area contributed by atoms with Crippen LogP contribution in [0.15, 0.2) is 0 Å². The van der Waals surface area contributed by atoms with Gasteiger partial charge in [-0.15, -0.1) is 0 Å². The predicted molar refractivity (Wildman–Crippen MR) is 206 cm³/mol. The molecule has 0 bridgehead atoms. The first kappa shape index (κ1) is 50.2. The maximum Gasteiger partial charge on any atom is 0.246 e. The lowest BCUT2D eigenvalue weighted by molar-refractivity contribution is -0.166. The molecule has 0 saturated carbocycles. The van der Waals surface area contributed by atoms with Crippen molar-refractivity contribution >= 4 is 29.5 Å². The number of hydrogen-bond donors (Lipinski definition) is 6. The summed E-state index contributed by atoms with van der Waals surface area (Å²) in [5.74, 6) is -1.84. The van der Waals surface area contributed by atoms with Crippen LogP contribution < -0.4 is 16.4 Å². The molecule has 0 aromatic heterocycles. The van der Waals surface area contributed by atoms with Crippen LogP contribution in [-0.4, -0.2) is 99.6 Å². The Bertz CT molecular complexity index is 957. The van der Waals surface area contributed by atoms with Gasteiger partial charge in [-0.05, 0) is 64.3 Å². The van der Waals surface area contributed by atoms with Crippen LogP contribution in [0, 0.1) is 0 Å². The molecule has 0 spiro atoms. The highest BCUT2D eigenvalue weighted by Crippen LogP contribution is 2.13. The van der Waals surface area contributed by atoms with E-state index in [2.05, 4.69) is 17.6 Å². The van der Waals surface area contributed by atoms with Crippen molar-refractivity contribution in [3.63, 3.8) is 0 Å². The first-order chi connectivity index (χ1) is 25.6. The normalized spacial score (nSPS) is 11.0. The molecule has 0 aliphatic heterocycles. The Balaban J connectivity index is 3.70. The van der Waals surface area contributed by atoms with Crippen molar-refractivity contribution in [3.05, 3.63) is 0 Å². The molecular formula is C39H76N6O8. The van der Waals surface area contributed by atoms with Gasteiger partial charge in [-0.3, -0.25) is 39.6 Å². The second kappa shape index (κ2) is 36.2. The highest BCUT2D eigenvalue weighted by Gasteiger charge is 2.15. The molecule has 0 aliphatic carbocycles. The molecule has 310 valence electrons. The number of carbonyl (C=O) groups excluding carboxylic acids is 5. The second-order valence-electron chi connectivity index (χ2n) is 14.2. The fraction of sp³-hybridized carbons (Fsp3) is 0.872. The Morgan fingerprint density at radius 3 is 1.11 bits per heavy atom. The van der Waals surface area contributed by atoms with Crippen LogP contribution in [-0.2, 0) is 24.0 Å². The Kier molecular flexibility index (Phi) is 34.3. The van der Waals surface area contributed by atoms with Crippen LogP contribution in [0.2, 0.25) is 0 Å². The van der Waals surface area contributed by atoms with E-state index in [4.69, 9.17) is 5.73 Å². The zero-order valence-corrected chi connectivity index (χ0v) is 33.1. The molecule has 5 amide bonds. The highest BCUT2D eigenvalue weighted by atomic mass is 16.5. The van der Waals surface area contributed by atoms with Crippen LogP contribution in [0.3, 0.4) is 0 Å². The quantitative estimate of drug-likeness (QED) is 0.0236. The van der Waals surface area contributed by atoms with Gasteiger partial charge in [0.25, 0.3) is 0 Å². The minimum absolute atomic E-state index is 0.0184. The van der Waals surface area contributed by atoms with Gasteiger partial charge in [0.2, 0.25) is 29.5 Å². The maximum absolute atomic E-state index is 12.2. The number of rotatable bonds is 37. The van der Waals surface area contributed by atoms with Gasteiger partial charge >= 0.3 is 0 Å². The van der Waals surface area contributed by atoms with Crippen LogP contribution in [0.4, 0.5) is 0 Å². The monoisotopic (exact) mass is 757 g/mol. The highest BCUT2D eigenvalue weighted by molar-refractivity contribution is 5.83. The van der Waals surface area contributed by atoms with Crippen molar-refractivity contribution in [2.24, 2.45) is 5.73 Å². The molecule has 0 radical (unpaired) electrons. The van der Waals surface area contributed by atoms with Crippen LogP contribution in [0.25, 0.3) is 0 Å². The van der Waals surface area contributed by atoms with Gasteiger partial charge in [-0.1, -0.05) is 90.4 Å². The van der Waals surface area contributed by atoms with Crippen LogP contribution in [0.1, 0.15) is 180 Å². The molecule has 0 unspecified atom stereocenters. The summed E-state index contributed by atoms with van der Waals surface area (Å²) >= 11 is 0. The zero-order chi connectivity index (χ0) is 39.4. The summed E-state index contributed by atoms with van der Waals surface area (Å²) in [6, 6.07) is 0. The predicted octanol–water partition coefficient (Wildman–Crippen LogP) is 6.38. The number of nitrogens with zero attached hydrogens (tertiary/aromatic N) is 3. The van der Waals surface area contributed by atoms with Crippen molar-refractivity contribution in [3.8, 4) is 0 Å². The van der Waals surface area contributed by atoms with Gasteiger partial charge in [0.1, 0.15) is 0 Å². The molecule has 0 atom stereocenters. The summed E-state index contributed by atoms with van der Waals surface area (Å²) < 4.78 is 0. The number of carbonyl (C=O) groups is 5. The van der Waals surface area contributed by atoms with Crippen molar-refractivity contribution in [1.29, 1.82) is 0 Å². The van der Waals surface area contributed by atoms with E-state index >= 15 is 0 Å². The van der Waals surface area contributed by atoms with Crippen LogP contribution >= 0.6 is 0 Å². The molecule has 7 N–H and O–H groups in total. The fourth-order valence-electron chi connectivity index (χ4n) is 5.84. The number of nitrogens with one attached hydrogen (secondary N) is 2.